The van der Waals surface area contributed by atoms with Crippen LogP contribution < -0.4 is 10.1 Å². The summed E-state index contributed by atoms with van der Waals surface area (Å²) >= 11 is 1.61. The van der Waals surface area contributed by atoms with E-state index in [4.69, 9.17) is 4.74 Å². The first-order chi connectivity index (χ1) is 8.20. The van der Waals surface area contributed by atoms with Crippen LogP contribution in [-0.4, -0.2) is 18.1 Å². The lowest BCUT2D eigenvalue weighted by atomic mass is 10.1. The third kappa shape index (κ3) is 2.77. The van der Waals surface area contributed by atoms with E-state index < -0.39 is 0 Å². The molecule has 1 aromatic heterocycles. The third-order valence-corrected chi connectivity index (χ3v) is 3.16. The standard InChI is InChI=1S/C13H16N2OS/c1-9(2)15-10-4-5-12(16-3)11(6-10)13-7-14-8-17-13/h4-9,15H,1-3H3. The number of ether oxygens (including phenoxy) is 1. The molecule has 0 saturated heterocycles. The van der Waals surface area contributed by atoms with Crippen molar-refractivity contribution in [3.8, 4) is 16.2 Å². The Balaban J connectivity index is 2.40. The first kappa shape index (κ1) is 11.9. The second-order valence-electron chi connectivity index (χ2n) is 4.08. The van der Waals surface area contributed by atoms with Gasteiger partial charge in [-0.05, 0) is 32.0 Å². The Morgan fingerprint density at radius 2 is 2.18 bits per heavy atom. The van der Waals surface area contributed by atoms with Crippen molar-refractivity contribution in [2.45, 2.75) is 19.9 Å². The van der Waals surface area contributed by atoms with Crippen molar-refractivity contribution in [2.24, 2.45) is 0 Å². The SMILES string of the molecule is COc1ccc(NC(C)C)cc1-c1cncs1. The molecule has 0 saturated carbocycles. The van der Waals surface area contributed by atoms with E-state index in [0.717, 1.165) is 21.9 Å². The van der Waals surface area contributed by atoms with Gasteiger partial charge in [0.05, 0.1) is 17.5 Å². The van der Waals surface area contributed by atoms with E-state index in [1.165, 1.54) is 0 Å². The van der Waals surface area contributed by atoms with E-state index in [0.29, 0.717) is 6.04 Å². The summed E-state index contributed by atoms with van der Waals surface area (Å²) in [5.74, 6) is 0.878. The predicted molar refractivity (Wildman–Crippen MR) is 72.9 cm³/mol. The van der Waals surface area contributed by atoms with Crippen LogP contribution in [0.25, 0.3) is 10.4 Å². The van der Waals surface area contributed by atoms with E-state index in [9.17, 15) is 0 Å². The van der Waals surface area contributed by atoms with Gasteiger partial charge in [-0.2, -0.15) is 0 Å². The molecule has 3 nitrogen and oxygen atoms in total. The van der Waals surface area contributed by atoms with Gasteiger partial charge in [0.25, 0.3) is 0 Å². The number of hydrogen-bond donors (Lipinski definition) is 1. The Labute approximate surface area is 105 Å². The van der Waals surface area contributed by atoms with Gasteiger partial charge in [0.1, 0.15) is 5.75 Å². The molecule has 0 amide bonds. The Morgan fingerprint density at radius 1 is 1.35 bits per heavy atom. The van der Waals surface area contributed by atoms with E-state index in [-0.39, 0.29) is 0 Å². The summed E-state index contributed by atoms with van der Waals surface area (Å²) < 4.78 is 5.38. The van der Waals surface area contributed by atoms with Crippen molar-refractivity contribution in [3.05, 3.63) is 29.9 Å². The highest BCUT2D eigenvalue weighted by Gasteiger charge is 2.08. The lowest BCUT2D eigenvalue weighted by Crippen LogP contribution is -2.09. The van der Waals surface area contributed by atoms with Gasteiger partial charge in [-0.15, -0.1) is 11.3 Å². The summed E-state index contributed by atoms with van der Waals surface area (Å²) in [7, 11) is 1.69. The van der Waals surface area contributed by atoms with Gasteiger partial charge in [-0.1, -0.05) is 0 Å². The van der Waals surface area contributed by atoms with Gasteiger partial charge >= 0.3 is 0 Å². The second-order valence-corrected chi connectivity index (χ2v) is 4.97. The molecule has 1 heterocycles. The molecule has 1 aromatic carbocycles. The highest BCUT2D eigenvalue weighted by molar-refractivity contribution is 7.13. The first-order valence-electron chi connectivity index (χ1n) is 5.54. The quantitative estimate of drug-likeness (QED) is 0.897. The number of nitrogens with zero attached hydrogens (tertiary/aromatic N) is 1. The van der Waals surface area contributed by atoms with Crippen LogP contribution in [0.1, 0.15) is 13.8 Å². The first-order valence-corrected chi connectivity index (χ1v) is 6.42. The molecule has 0 bridgehead atoms. The minimum Gasteiger partial charge on any atom is -0.496 e. The lowest BCUT2D eigenvalue weighted by molar-refractivity contribution is 0.416. The fourth-order valence-electron chi connectivity index (χ4n) is 1.67. The largest absolute Gasteiger partial charge is 0.496 e. The maximum absolute atomic E-state index is 5.38. The van der Waals surface area contributed by atoms with E-state index >= 15 is 0 Å². The third-order valence-electron chi connectivity index (χ3n) is 2.35. The van der Waals surface area contributed by atoms with Crippen molar-refractivity contribution >= 4 is 17.0 Å². The molecule has 0 spiro atoms. The summed E-state index contributed by atoms with van der Waals surface area (Å²) in [6.07, 6.45) is 1.86. The van der Waals surface area contributed by atoms with Crippen LogP contribution in [0.5, 0.6) is 5.75 Å². The smallest absolute Gasteiger partial charge is 0.127 e. The van der Waals surface area contributed by atoms with Crippen LogP contribution in [0.4, 0.5) is 5.69 Å². The van der Waals surface area contributed by atoms with Crippen molar-refractivity contribution in [2.75, 3.05) is 12.4 Å². The molecule has 2 rings (SSSR count). The van der Waals surface area contributed by atoms with Gasteiger partial charge in [-0.3, -0.25) is 4.98 Å². The van der Waals surface area contributed by atoms with Crippen molar-refractivity contribution in [3.63, 3.8) is 0 Å². The molecule has 0 aliphatic heterocycles. The minimum absolute atomic E-state index is 0.415. The maximum atomic E-state index is 5.38. The van der Waals surface area contributed by atoms with Gasteiger partial charge in [0.15, 0.2) is 0 Å². The molecule has 4 heteroatoms. The number of aromatic nitrogens is 1. The highest BCUT2D eigenvalue weighted by Crippen LogP contribution is 2.34. The van der Waals surface area contributed by atoms with E-state index in [1.54, 1.807) is 18.4 Å². The number of nitrogens with one attached hydrogen (secondary N) is 1. The fraction of sp³-hybridized carbons (Fsp3) is 0.308. The van der Waals surface area contributed by atoms with Gasteiger partial charge in [-0.25, -0.2) is 0 Å². The zero-order chi connectivity index (χ0) is 12.3. The number of hydrogen-bond acceptors (Lipinski definition) is 4. The van der Waals surface area contributed by atoms with Gasteiger partial charge in [0.2, 0.25) is 0 Å². The van der Waals surface area contributed by atoms with Crippen LogP contribution in [0.2, 0.25) is 0 Å². The molecule has 1 N–H and O–H groups in total. The molecule has 2 aromatic rings. The molecule has 0 aliphatic rings. The second kappa shape index (κ2) is 5.19. The predicted octanol–water partition coefficient (Wildman–Crippen LogP) is 3.64. The summed E-state index contributed by atoms with van der Waals surface area (Å²) in [5.41, 5.74) is 4.02. The van der Waals surface area contributed by atoms with Crippen molar-refractivity contribution < 1.29 is 4.74 Å². The fourth-order valence-corrected chi connectivity index (χ4v) is 2.32. The average Bonchev–Trinajstić information content (AvgIpc) is 2.81. The summed E-state index contributed by atoms with van der Waals surface area (Å²) in [5, 5.41) is 3.39. The van der Waals surface area contributed by atoms with Crippen LogP contribution in [0.15, 0.2) is 29.9 Å². The van der Waals surface area contributed by atoms with Crippen LogP contribution in [-0.2, 0) is 0 Å². The Bertz CT molecular complexity index is 480. The maximum Gasteiger partial charge on any atom is 0.127 e. The summed E-state index contributed by atoms with van der Waals surface area (Å²) in [6, 6.07) is 6.54. The highest BCUT2D eigenvalue weighted by atomic mass is 32.1. The molecule has 0 atom stereocenters. The minimum atomic E-state index is 0.415. The number of thiazole rings is 1. The van der Waals surface area contributed by atoms with Crippen molar-refractivity contribution in [1.82, 2.24) is 4.98 Å². The average molecular weight is 248 g/mol. The molecule has 17 heavy (non-hydrogen) atoms. The topological polar surface area (TPSA) is 34.1 Å². The number of methoxy groups -OCH3 is 1. The molecule has 90 valence electrons. The van der Waals surface area contributed by atoms with E-state index in [1.807, 2.05) is 23.8 Å². The Hall–Kier alpha value is -1.55. The Morgan fingerprint density at radius 3 is 2.76 bits per heavy atom. The zero-order valence-corrected chi connectivity index (χ0v) is 11.0. The molecular weight excluding hydrogens is 232 g/mol. The molecular formula is C13H16N2OS. The number of benzene rings is 1. The molecule has 0 aliphatic carbocycles. The van der Waals surface area contributed by atoms with Crippen LogP contribution in [0, 0.1) is 0 Å². The normalized spacial score (nSPS) is 10.6. The monoisotopic (exact) mass is 248 g/mol. The number of rotatable bonds is 4. The molecule has 0 unspecified atom stereocenters. The lowest BCUT2D eigenvalue weighted by Gasteiger charge is -2.13. The van der Waals surface area contributed by atoms with Crippen molar-refractivity contribution in [1.29, 1.82) is 0 Å². The van der Waals surface area contributed by atoms with Crippen LogP contribution in [0.3, 0.4) is 0 Å². The van der Waals surface area contributed by atoms with Gasteiger partial charge in [0, 0.05) is 23.5 Å². The molecule has 0 fully saturated rings. The summed E-state index contributed by atoms with van der Waals surface area (Å²) in [6.45, 7) is 4.24. The van der Waals surface area contributed by atoms with Gasteiger partial charge < -0.3 is 10.1 Å². The van der Waals surface area contributed by atoms with E-state index in [2.05, 4.69) is 30.2 Å². The molecule has 0 radical (unpaired) electrons. The Kier molecular flexibility index (Phi) is 3.64. The summed E-state index contributed by atoms with van der Waals surface area (Å²) in [4.78, 5) is 5.23. The van der Waals surface area contributed by atoms with Crippen LogP contribution >= 0.6 is 11.3 Å². The number of anilines is 1. The zero-order valence-electron chi connectivity index (χ0n) is 10.2.